The summed E-state index contributed by atoms with van der Waals surface area (Å²) in [6.07, 6.45) is 2.95. The van der Waals surface area contributed by atoms with Crippen LogP contribution in [0.15, 0.2) is 23.8 Å². The topological polar surface area (TPSA) is 76.4 Å². The average molecular weight is 281 g/mol. The van der Waals surface area contributed by atoms with Crippen LogP contribution in [-0.2, 0) is 0 Å². The lowest BCUT2D eigenvalue weighted by Crippen LogP contribution is -2.23. The van der Waals surface area contributed by atoms with E-state index in [2.05, 4.69) is 16.7 Å². The predicted molar refractivity (Wildman–Crippen MR) is 73.7 cm³/mol. The minimum atomic E-state index is -0.666. The van der Waals surface area contributed by atoms with Gasteiger partial charge in [0.1, 0.15) is 0 Å². The van der Waals surface area contributed by atoms with E-state index in [4.69, 9.17) is 4.74 Å². The van der Waals surface area contributed by atoms with Crippen molar-refractivity contribution in [1.29, 1.82) is 0 Å². The number of hydrogen-bond donors (Lipinski definition) is 2. The number of nitro groups is 1. The van der Waals surface area contributed by atoms with Crippen molar-refractivity contribution in [1.82, 2.24) is 5.32 Å². The Bertz CT molecular complexity index is 546. The highest BCUT2D eigenvalue weighted by Gasteiger charge is 2.19. The largest absolute Gasteiger partial charge is 0.490 e. The molecule has 7 heteroatoms. The van der Waals surface area contributed by atoms with E-state index in [1.807, 2.05) is 0 Å². The summed E-state index contributed by atoms with van der Waals surface area (Å²) in [4.78, 5) is 10.1. The molecule has 6 nitrogen and oxygen atoms in total. The standard InChI is InChI=1S/C13H16FN3O3/c1-20-13-7-11(10(14)6-12(13)17(18)19)16-8-9-2-4-15-5-3-9/h2,6-7,15-16H,3-5,8H2,1H3. The van der Waals surface area contributed by atoms with Gasteiger partial charge in [0.15, 0.2) is 11.6 Å². The molecule has 1 aliphatic heterocycles. The van der Waals surface area contributed by atoms with Crippen molar-refractivity contribution in [3.05, 3.63) is 39.7 Å². The number of nitro benzene ring substituents is 1. The highest BCUT2D eigenvalue weighted by Crippen LogP contribution is 2.32. The van der Waals surface area contributed by atoms with Crippen molar-refractivity contribution >= 4 is 11.4 Å². The second-order valence-electron chi connectivity index (χ2n) is 4.43. The minimum absolute atomic E-state index is 0.0400. The van der Waals surface area contributed by atoms with Gasteiger partial charge in [-0.3, -0.25) is 10.1 Å². The van der Waals surface area contributed by atoms with Gasteiger partial charge >= 0.3 is 5.69 Å². The number of benzene rings is 1. The smallest absolute Gasteiger partial charge is 0.313 e. The minimum Gasteiger partial charge on any atom is -0.490 e. The molecule has 0 fully saturated rings. The van der Waals surface area contributed by atoms with Gasteiger partial charge in [0, 0.05) is 19.2 Å². The highest BCUT2D eigenvalue weighted by atomic mass is 19.1. The lowest BCUT2D eigenvalue weighted by atomic mass is 10.1. The number of nitrogens with zero attached hydrogens (tertiary/aromatic N) is 1. The molecule has 0 amide bonds. The van der Waals surface area contributed by atoms with Gasteiger partial charge in [-0.2, -0.15) is 0 Å². The molecular formula is C13H16FN3O3. The first-order valence-corrected chi connectivity index (χ1v) is 6.26. The molecule has 0 atom stereocenters. The molecule has 0 radical (unpaired) electrons. The van der Waals surface area contributed by atoms with Crippen LogP contribution in [0.2, 0.25) is 0 Å². The Balaban J connectivity index is 2.15. The summed E-state index contributed by atoms with van der Waals surface area (Å²) in [5.41, 5.74) is 1.00. The molecule has 0 bridgehead atoms. The summed E-state index contributed by atoms with van der Waals surface area (Å²) in [6.45, 7) is 2.22. The number of methoxy groups -OCH3 is 1. The first-order valence-electron chi connectivity index (χ1n) is 6.26. The van der Waals surface area contributed by atoms with E-state index >= 15 is 0 Å². The van der Waals surface area contributed by atoms with Crippen LogP contribution in [0, 0.1) is 15.9 Å². The van der Waals surface area contributed by atoms with Gasteiger partial charge < -0.3 is 15.4 Å². The molecule has 0 unspecified atom stereocenters. The molecule has 0 aliphatic carbocycles. The molecule has 0 aromatic heterocycles. The van der Waals surface area contributed by atoms with Crippen LogP contribution >= 0.6 is 0 Å². The summed E-state index contributed by atoms with van der Waals surface area (Å²) in [5.74, 6) is -0.620. The van der Waals surface area contributed by atoms with Gasteiger partial charge in [0.2, 0.25) is 0 Å². The van der Waals surface area contributed by atoms with E-state index in [1.54, 1.807) is 0 Å². The molecule has 2 N–H and O–H groups in total. The Kier molecular flexibility index (Phi) is 4.52. The van der Waals surface area contributed by atoms with Crippen molar-refractivity contribution in [2.75, 3.05) is 32.1 Å². The molecule has 1 aliphatic rings. The van der Waals surface area contributed by atoms with Crippen LogP contribution in [0.1, 0.15) is 6.42 Å². The highest BCUT2D eigenvalue weighted by molar-refractivity contribution is 5.59. The fourth-order valence-corrected chi connectivity index (χ4v) is 2.02. The molecule has 1 heterocycles. The SMILES string of the molecule is COc1cc(NCC2=CCNCC2)c(F)cc1[N+](=O)[O-]. The fourth-order valence-electron chi connectivity index (χ4n) is 2.02. The third-order valence-corrected chi connectivity index (χ3v) is 3.13. The van der Waals surface area contributed by atoms with Crippen LogP contribution in [-0.4, -0.2) is 31.7 Å². The zero-order valence-corrected chi connectivity index (χ0v) is 11.1. The van der Waals surface area contributed by atoms with E-state index in [0.29, 0.717) is 6.54 Å². The molecule has 0 saturated carbocycles. The number of hydrogen-bond acceptors (Lipinski definition) is 5. The van der Waals surface area contributed by atoms with Crippen molar-refractivity contribution in [2.24, 2.45) is 0 Å². The van der Waals surface area contributed by atoms with Crippen LogP contribution < -0.4 is 15.4 Å². The summed E-state index contributed by atoms with van der Waals surface area (Å²) >= 11 is 0. The first-order chi connectivity index (χ1) is 9.61. The summed E-state index contributed by atoms with van der Waals surface area (Å²) < 4.78 is 18.7. The normalized spacial score (nSPS) is 14.6. The second kappa shape index (κ2) is 6.33. The van der Waals surface area contributed by atoms with Crippen LogP contribution in [0.4, 0.5) is 15.8 Å². The van der Waals surface area contributed by atoms with Gasteiger partial charge in [-0.1, -0.05) is 11.6 Å². The zero-order valence-electron chi connectivity index (χ0n) is 11.1. The van der Waals surface area contributed by atoms with Crippen LogP contribution in [0.5, 0.6) is 5.75 Å². The molecular weight excluding hydrogens is 265 g/mol. The van der Waals surface area contributed by atoms with Crippen molar-refractivity contribution < 1.29 is 14.1 Å². The molecule has 2 rings (SSSR count). The lowest BCUT2D eigenvalue weighted by Gasteiger charge is -2.16. The Morgan fingerprint density at radius 3 is 2.95 bits per heavy atom. The fraction of sp³-hybridized carbons (Fsp3) is 0.385. The monoisotopic (exact) mass is 281 g/mol. The van der Waals surface area contributed by atoms with Gasteiger partial charge in [-0.25, -0.2) is 4.39 Å². The third kappa shape index (κ3) is 3.24. The molecule has 0 spiro atoms. The van der Waals surface area contributed by atoms with Crippen molar-refractivity contribution in [2.45, 2.75) is 6.42 Å². The van der Waals surface area contributed by atoms with Gasteiger partial charge in [0.25, 0.3) is 0 Å². The lowest BCUT2D eigenvalue weighted by molar-refractivity contribution is -0.385. The van der Waals surface area contributed by atoms with E-state index in [-0.39, 0.29) is 17.1 Å². The molecule has 0 saturated heterocycles. The zero-order chi connectivity index (χ0) is 14.5. The maximum atomic E-state index is 13.8. The van der Waals surface area contributed by atoms with E-state index in [9.17, 15) is 14.5 Å². The van der Waals surface area contributed by atoms with Gasteiger partial charge in [-0.15, -0.1) is 0 Å². The summed E-state index contributed by atoms with van der Waals surface area (Å²) in [5, 5.41) is 16.9. The third-order valence-electron chi connectivity index (χ3n) is 3.13. The Hall–Kier alpha value is -2.15. The average Bonchev–Trinajstić information content (AvgIpc) is 2.46. The number of rotatable bonds is 5. The Morgan fingerprint density at radius 1 is 1.55 bits per heavy atom. The van der Waals surface area contributed by atoms with Gasteiger partial charge in [0.05, 0.1) is 23.8 Å². The maximum absolute atomic E-state index is 13.8. The number of nitrogens with one attached hydrogen (secondary N) is 2. The van der Waals surface area contributed by atoms with Crippen LogP contribution in [0.3, 0.4) is 0 Å². The van der Waals surface area contributed by atoms with Crippen LogP contribution in [0.25, 0.3) is 0 Å². The molecule has 108 valence electrons. The summed E-state index contributed by atoms with van der Waals surface area (Å²) in [6, 6.07) is 2.19. The maximum Gasteiger partial charge on any atom is 0.313 e. The van der Waals surface area contributed by atoms with E-state index < -0.39 is 10.7 Å². The molecule has 1 aromatic rings. The number of anilines is 1. The first kappa shape index (κ1) is 14.3. The second-order valence-corrected chi connectivity index (χ2v) is 4.43. The summed E-state index contributed by atoms with van der Waals surface area (Å²) in [7, 11) is 1.32. The molecule has 20 heavy (non-hydrogen) atoms. The number of ether oxygens (including phenoxy) is 1. The molecule has 1 aromatic carbocycles. The predicted octanol–water partition coefficient (Wildman–Crippen LogP) is 2.07. The quantitative estimate of drug-likeness (QED) is 0.491. The van der Waals surface area contributed by atoms with Gasteiger partial charge in [-0.05, 0) is 13.0 Å². The van der Waals surface area contributed by atoms with E-state index in [1.165, 1.54) is 18.7 Å². The van der Waals surface area contributed by atoms with Crippen molar-refractivity contribution in [3.63, 3.8) is 0 Å². The Morgan fingerprint density at radius 2 is 2.35 bits per heavy atom. The van der Waals surface area contributed by atoms with Crippen molar-refractivity contribution in [3.8, 4) is 5.75 Å². The number of halogens is 1. The van der Waals surface area contributed by atoms with E-state index in [0.717, 1.165) is 25.6 Å². The Labute approximate surface area is 115 Å².